The van der Waals surface area contributed by atoms with Crippen LogP contribution in [-0.2, 0) is 16.8 Å². The smallest absolute Gasteiger partial charge is 0.237 e. The van der Waals surface area contributed by atoms with E-state index < -0.39 is 5.41 Å². The lowest BCUT2D eigenvalue weighted by molar-refractivity contribution is -0.122. The number of carbonyl (C=O) groups is 1. The van der Waals surface area contributed by atoms with E-state index in [-0.39, 0.29) is 5.91 Å². The molecule has 0 bridgehead atoms. The molecule has 0 radical (unpaired) electrons. The summed E-state index contributed by atoms with van der Waals surface area (Å²) in [5.41, 5.74) is 11.3. The van der Waals surface area contributed by atoms with Crippen molar-refractivity contribution in [1.82, 2.24) is 15.0 Å². The van der Waals surface area contributed by atoms with E-state index in [4.69, 9.17) is 5.73 Å². The van der Waals surface area contributed by atoms with Crippen LogP contribution in [0.25, 0.3) is 11.0 Å². The number of nitrogens with two attached hydrogens (primary N) is 1. The molecule has 1 aliphatic rings. The Morgan fingerprint density at radius 1 is 1.41 bits per heavy atom. The maximum absolute atomic E-state index is 12.8. The van der Waals surface area contributed by atoms with Crippen LogP contribution >= 0.6 is 11.3 Å². The molecule has 0 saturated heterocycles. The molecular weight excluding hydrogens is 298 g/mol. The molecule has 0 saturated carbocycles. The van der Waals surface area contributed by atoms with Crippen molar-refractivity contribution in [2.24, 2.45) is 0 Å². The molecule has 7 heteroatoms. The number of anilines is 2. The summed E-state index contributed by atoms with van der Waals surface area (Å²) in [7, 11) is 0. The van der Waals surface area contributed by atoms with Gasteiger partial charge in [-0.15, -0.1) is 11.3 Å². The maximum atomic E-state index is 12.8. The van der Waals surface area contributed by atoms with Crippen LogP contribution in [0.3, 0.4) is 0 Å². The minimum atomic E-state index is -0.570. The van der Waals surface area contributed by atoms with Gasteiger partial charge in [-0.1, -0.05) is 0 Å². The van der Waals surface area contributed by atoms with Gasteiger partial charge < -0.3 is 15.6 Å². The topological polar surface area (TPSA) is 87.9 Å². The number of amides is 1. The minimum Gasteiger partial charge on any atom is -0.369 e. The van der Waals surface area contributed by atoms with Gasteiger partial charge in [-0.25, -0.2) is 9.97 Å². The first-order valence-corrected chi connectivity index (χ1v) is 7.90. The third kappa shape index (κ3) is 1.75. The number of nitrogens with one attached hydrogen (secondary N) is 1. The summed E-state index contributed by atoms with van der Waals surface area (Å²) in [6, 6.07) is 3.91. The molecule has 6 nitrogen and oxygen atoms in total. The summed E-state index contributed by atoms with van der Waals surface area (Å²) in [4.78, 5) is 26.2. The van der Waals surface area contributed by atoms with Crippen molar-refractivity contribution in [1.29, 1.82) is 0 Å². The molecule has 1 amide bonds. The van der Waals surface area contributed by atoms with Crippen molar-refractivity contribution in [3.8, 4) is 0 Å². The lowest BCUT2D eigenvalue weighted by Gasteiger charge is -2.19. The third-order valence-corrected chi connectivity index (χ3v) is 4.80. The molecule has 3 aromatic rings. The number of H-pyrrole nitrogens is 1. The second-order valence-electron chi connectivity index (χ2n) is 6.00. The molecule has 2 aromatic heterocycles. The van der Waals surface area contributed by atoms with Gasteiger partial charge in [-0.2, -0.15) is 0 Å². The zero-order chi connectivity index (χ0) is 15.5. The van der Waals surface area contributed by atoms with E-state index in [9.17, 15) is 4.79 Å². The van der Waals surface area contributed by atoms with E-state index in [2.05, 4.69) is 15.0 Å². The van der Waals surface area contributed by atoms with Gasteiger partial charge in [0.05, 0.1) is 39.9 Å². The van der Waals surface area contributed by atoms with E-state index in [1.807, 2.05) is 31.4 Å². The van der Waals surface area contributed by atoms with Crippen LogP contribution in [-0.4, -0.2) is 20.9 Å². The maximum Gasteiger partial charge on any atom is 0.237 e. The van der Waals surface area contributed by atoms with Gasteiger partial charge in [0.1, 0.15) is 0 Å². The van der Waals surface area contributed by atoms with Crippen LogP contribution in [0.1, 0.15) is 25.1 Å². The number of nitrogens with zero attached hydrogens (tertiary/aromatic N) is 3. The van der Waals surface area contributed by atoms with Crippen LogP contribution in [0.15, 0.2) is 23.0 Å². The summed E-state index contributed by atoms with van der Waals surface area (Å²) in [5, 5.41) is 1.96. The zero-order valence-corrected chi connectivity index (χ0v) is 13.1. The molecule has 22 heavy (non-hydrogen) atoms. The lowest BCUT2D eigenvalue weighted by atomic mass is 9.86. The fraction of sp³-hybridized carbons (Fsp3) is 0.267. The highest BCUT2D eigenvalue weighted by Crippen LogP contribution is 2.43. The van der Waals surface area contributed by atoms with Crippen LogP contribution in [0.5, 0.6) is 0 Å². The van der Waals surface area contributed by atoms with Crippen LogP contribution in [0.4, 0.5) is 11.6 Å². The lowest BCUT2D eigenvalue weighted by Crippen LogP contribution is -2.35. The number of benzene rings is 1. The van der Waals surface area contributed by atoms with Crippen LogP contribution < -0.4 is 10.6 Å². The highest BCUT2D eigenvalue weighted by molar-refractivity contribution is 7.07. The highest BCUT2D eigenvalue weighted by Gasteiger charge is 2.44. The molecule has 1 aliphatic heterocycles. The average molecular weight is 313 g/mol. The Bertz CT molecular complexity index is 881. The molecule has 0 atom stereocenters. The Morgan fingerprint density at radius 2 is 2.23 bits per heavy atom. The predicted molar refractivity (Wildman–Crippen MR) is 86.8 cm³/mol. The van der Waals surface area contributed by atoms with Crippen molar-refractivity contribution < 1.29 is 4.79 Å². The average Bonchev–Trinajstić information content (AvgIpc) is 3.13. The second kappa shape index (κ2) is 4.30. The van der Waals surface area contributed by atoms with Crippen molar-refractivity contribution in [3.05, 3.63) is 34.3 Å². The number of hydrogen-bond acceptors (Lipinski definition) is 5. The molecule has 3 heterocycles. The Kier molecular flexibility index (Phi) is 2.59. The number of aromatic amines is 1. The van der Waals surface area contributed by atoms with Crippen molar-refractivity contribution in [2.75, 3.05) is 10.6 Å². The van der Waals surface area contributed by atoms with Crippen molar-refractivity contribution >= 4 is 39.9 Å². The first-order valence-electron chi connectivity index (χ1n) is 6.95. The monoisotopic (exact) mass is 313 g/mol. The SMILES string of the molecule is CC1(C)C(=O)N(Cc2cscn2)c2cc3nc(N)[nH]c3cc21. The number of nitrogen functional groups attached to an aromatic ring is 1. The third-order valence-electron chi connectivity index (χ3n) is 4.17. The summed E-state index contributed by atoms with van der Waals surface area (Å²) in [6.07, 6.45) is 0. The molecular formula is C15H15N5OS. The number of fused-ring (bicyclic) bond motifs is 2. The molecule has 3 N–H and O–H groups in total. The van der Waals surface area contributed by atoms with E-state index in [0.717, 1.165) is 28.0 Å². The zero-order valence-electron chi connectivity index (χ0n) is 12.3. The summed E-state index contributed by atoms with van der Waals surface area (Å²) in [6.45, 7) is 4.37. The second-order valence-corrected chi connectivity index (χ2v) is 6.72. The van der Waals surface area contributed by atoms with E-state index in [0.29, 0.717) is 12.5 Å². The quantitative estimate of drug-likeness (QED) is 0.760. The van der Waals surface area contributed by atoms with E-state index in [1.54, 1.807) is 10.4 Å². The standard InChI is InChI=1S/C15H15N5OS/c1-15(2)9-3-10-11(19-14(16)18-10)4-12(9)20(13(15)21)5-8-6-22-7-17-8/h3-4,6-7H,5H2,1-2H3,(H3,16,18,19). The number of thiazole rings is 1. The molecule has 0 aliphatic carbocycles. The van der Waals surface area contributed by atoms with Crippen molar-refractivity contribution in [2.45, 2.75) is 25.8 Å². The fourth-order valence-corrected chi connectivity index (χ4v) is 3.54. The number of aromatic nitrogens is 3. The number of rotatable bonds is 2. The van der Waals surface area contributed by atoms with E-state index in [1.165, 1.54) is 11.3 Å². The summed E-state index contributed by atoms with van der Waals surface area (Å²) in [5.74, 6) is 0.463. The molecule has 0 spiro atoms. The minimum absolute atomic E-state index is 0.0797. The first-order chi connectivity index (χ1) is 10.5. The van der Waals surface area contributed by atoms with Crippen LogP contribution in [0, 0.1) is 0 Å². The molecule has 0 unspecified atom stereocenters. The predicted octanol–water partition coefficient (Wildman–Crippen LogP) is 2.43. The van der Waals surface area contributed by atoms with E-state index >= 15 is 0 Å². The number of carbonyl (C=O) groups excluding carboxylic acids is 1. The van der Waals surface area contributed by atoms with Gasteiger partial charge >= 0.3 is 0 Å². The van der Waals surface area contributed by atoms with Gasteiger partial charge in [0.25, 0.3) is 0 Å². The van der Waals surface area contributed by atoms with Gasteiger partial charge in [0.2, 0.25) is 5.91 Å². The largest absolute Gasteiger partial charge is 0.369 e. The molecule has 4 rings (SSSR count). The van der Waals surface area contributed by atoms with Crippen molar-refractivity contribution in [3.63, 3.8) is 0 Å². The first kappa shape index (κ1) is 13.3. The normalized spacial score (nSPS) is 16.5. The van der Waals surface area contributed by atoms with Crippen LogP contribution in [0.2, 0.25) is 0 Å². The summed E-state index contributed by atoms with van der Waals surface area (Å²) >= 11 is 1.53. The number of hydrogen-bond donors (Lipinski definition) is 2. The Balaban J connectivity index is 1.89. The van der Waals surface area contributed by atoms with Gasteiger partial charge in [0.15, 0.2) is 5.95 Å². The molecule has 112 valence electrons. The summed E-state index contributed by atoms with van der Waals surface area (Å²) < 4.78 is 0. The number of imidazole rings is 1. The van der Waals surface area contributed by atoms with Gasteiger partial charge in [-0.05, 0) is 31.5 Å². The van der Waals surface area contributed by atoms with Gasteiger partial charge in [0, 0.05) is 5.38 Å². The Morgan fingerprint density at radius 3 is 2.95 bits per heavy atom. The fourth-order valence-electron chi connectivity index (χ4n) is 2.99. The highest BCUT2D eigenvalue weighted by atomic mass is 32.1. The Labute approximate surface area is 131 Å². The molecule has 1 aromatic carbocycles. The Hall–Kier alpha value is -2.41. The van der Waals surface area contributed by atoms with Gasteiger partial charge in [-0.3, -0.25) is 4.79 Å². The molecule has 0 fully saturated rings.